The average molecular weight is 147 g/mol. The fraction of sp³-hybridized carbons (Fsp3) is 0.200. The van der Waals surface area contributed by atoms with Gasteiger partial charge in [0.05, 0.1) is 0 Å². The largest absolute Gasteiger partial charge is 0.342 e. The number of hydrogen-bond donors (Lipinski definition) is 1. The molecule has 1 heterocycles. The van der Waals surface area contributed by atoms with Crippen LogP contribution in [-0.2, 0) is 0 Å². The van der Waals surface area contributed by atoms with Crippen molar-refractivity contribution in [1.29, 1.82) is 0 Å². The molecule has 50 valence electrons. The molecule has 0 saturated carbocycles. The van der Waals surface area contributed by atoms with Gasteiger partial charge in [0.1, 0.15) is 0 Å². The van der Waals surface area contributed by atoms with E-state index in [1.807, 2.05) is 0 Å². The zero-order valence-corrected chi connectivity index (χ0v) is 5.73. The number of hydrogen-bond acceptors (Lipinski definition) is 2. The topological polar surface area (TPSA) is 45.8 Å². The van der Waals surface area contributed by atoms with Crippen molar-refractivity contribution >= 4 is 18.2 Å². The summed E-state index contributed by atoms with van der Waals surface area (Å²) in [5.74, 6) is 0.389. The van der Waals surface area contributed by atoms with E-state index in [0.29, 0.717) is 5.82 Å². The lowest BCUT2D eigenvalue weighted by Crippen LogP contribution is -1.92. The molecular weight excluding hydrogens is 140 g/mol. The van der Waals surface area contributed by atoms with E-state index in [4.69, 9.17) is 0 Å². The molecular formula is C5H7ClN2O. The Kier molecular flexibility index (Phi) is 2.95. The van der Waals surface area contributed by atoms with Crippen LogP contribution < -0.4 is 0 Å². The van der Waals surface area contributed by atoms with Crippen LogP contribution in [0.2, 0.25) is 0 Å². The van der Waals surface area contributed by atoms with Crippen LogP contribution in [0.25, 0.3) is 0 Å². The summed E-state index contributed by atoms with van der Waals surface area (Å²) in [6.45, 7) is 1.47. The first-order chi connectivity index (χ1) is 3.80. The molecule has 0 amide bonds. The molecule has 0 unspecified atom stereocenters. The van der Waals surface area contributed by atoms with Gasteiger partial charge in [-0.2, -0.15) is 0 Å². The van der Waals surface area contributed by atoms with Gasteiger partial charge in [0.15, 0.2) is 11.6 Å². The number of carbonyl (C=O) groups excluding carboxylic acids is 1. The molecule has 1 rings (SSSR count). The summed E-state index contributed by atoms with van der Waals surface area (Å²) >= 11 is 0. The van der Waals surface area contributed by atoms with E-state index in [1.165, 1.54) is 6.92 Å². The Morgan fingerprint density at radius 3 is 2.67 bits per heavy atom. The molecule has 0 atom stereocenters. The number of imidazole rings is 1. The highest BCUT2D eigenvalue weighted by molar-refractivity contribution is 5.90. The van der Waals surface area contributed by atoms with E-state index in [0.717, 1.165) is 0 Å². The van der Waals surface area contributed by atoms with Crippen LogP contribution >= 0.6 is 12.4 Å². The number of nitrogens with zero attached hydrogens (tertiary/aromatic N) is 1. The molecule has 1 N–H and O–H groups in total. The van der Waals surface area contributed by atoms with Crippen LogP contribution in [0.1, 0.15) is 17.5 Å². The maximum Gasteiger partial charge on any atom is 0.194 e. The molecule has 0 bridgehead atoms. The number of nitrogens with one attached hydrogen (secondary N) is 1. The van der Waals surface area contributed by atoms with E-state index in [1.54, 1.807) is 12.4 Å². The highest BCUT2D eigenvalue weighted by Crippen LogP contribution is 1.86. The third-order valence-corrected chi connectivity index (χ3v) is 0.832. The third kappa shape index (κ3) is 1.85. The van der Waals surface area contributed by atoms with E-state index in [2.05, 4.69) is 9.97 Å². The Labute approximate surface area is 58.9 Å². The molecule has 0 aliphatic heterocycles. The Bertz CT molecular complexity index is 183. The molecule has 4 heteroatoms. The second-order valence-electron chi connectivity index (χ2n) is 1.49. The number of Topliss-reactive ketones (excluding diaryl/α,β-unsaturated/α-hetero) is 1. The fourth-order valence-corrected chi connectivity index (χ4v) is 0.458. The SMILES string of the molecule is CC(=O)c1ncc[nH]1.Cl. The second-order valence-corrected chi connectivity index (χ2v) is 1.49. The van der Waals surface area contributed by atoms with Gasteiger partial charge in [-0.15, -0.1) is 12.4 Å². The van der Waals surface area contributed by atoms with Crippen molar-refractivity contribution < 1.29 is 4.79 Å². The van der Waals surface area contributed by atoms with Crippen LogP contribution in [0.15, 0.2) is 12.4 Å². The second kappa shape index (κ2) is 3.25. The van der Waals surface area contributed by atoms with E-state index in [9.17, 15) is 4.79 Å². The van der Waals surface area contributed by atoms with Crippen LogP contribution in [0.5, 0.6) is 0 Å². The summed E-state index contributed by atoms with van der Waals surface area (Å²) in [4.78, 5) is 16.8. The fourth-order valence-electron chi connectivity index (χ4n) is 0.458. The summed E-state index contributed by atoms with van der Waals surface area (Å²) in [6, 6.07) is 0. The standard InChI is InChI=1S/C5H6N2O.ClH/c1-4(8)5-6-2-3-7-5;/h2-3H,1H3,(H,6,7);1H. The van der Waals surface area contributed by atoms with Crippen molar-refractivity contribution in [2.75, 3.05) is 0 Å². The van der Waals surface area contributed by atoms with Crippen molar-refractivity contribution in [2.24, 2.45) is 0 Å². The Morgan fingerprint density at radius 1 is 1.78 bits per heavy atom. The van der Waals surface area contributed by atoms with Gasteiger partial charge >= 0.3 is 0 Å². The van der Waals surface area contributed by atoms with Gasteiger partial charge in [-0.3, -0.25) is 4.79 Å². The number of H-pyrrole nitrogens is 1. The van der Waals surface area contributed by atoms with Gasteiger partial charge in [0.2, 0.25) is 0 Å². The molecule has 0 spiro atoms. The first-order valence-corrected chi connectivity index (χ1v) is 2.31. The average Bonchev–Trinajstić information content (AvgIpc) is 2.12. The molecule has 3 nitrogen and oxygen atoms in total. The molecule has 9 heavy (non-hydrogen) atoms. The summed E-state index contributed by atoms with van der Waals surface area (Å²) in [5.41, 5.74) is 0. The van der Waals surface area contributed by atoms with Crippen molar-refractivity contribution in [3.8, 4) is 0 Å². The highest BCUT2D eigenvalue weighted by atomic mass is 35.5. The van der Waals surface area contributed by atoms with Gasteiger partial charge in [0.25, 0.3) is 0 Å². The van der Waals surface area contributed by atoms with Crippen LogP contribution in [0, 0.1) is 0 Å². The lowest BCUT2D eigenvalue weighted by atomic mass is 10.4. The molecule has 1 aromatic heterocycles. The van der Waals surface area contributed by atoms with Gasteiger partial charge in [-0.1, -0.05) is 0 Å². The minimum Gasteiger partial charge on any atom is -0.342 e. The number of rotatable bonds is 1. The summed E-state index contributed by atoms with van der Waals surface area (Å²) in [7, 11) is 0. The number of aromatic nitrogens is 2. The van der Waals surface area contributed by atoms with Crippen LogP contribution in [0.4, 0.5) is 0 Å². The van der Waals surface area contributed by atoms with Gasteiger partial charge in [-0.25, -0.2) is 4.98 Å². The van der Waals surface area contributed by atoms with E-state index in [-0.39, 0.29) is 18.2 Å². The summed E-state index contributed by atoms with van der Waals surface area (Å²) < 4.78 is 0. The van der Waals surface area contributed by atoms with Crippen LogP contribution in [-0.4, -0.2) is 15.8 Å². The zero-order valence-electron chi connectivity index (χ0n) is 4.92. The Balaban J connectivity index is 0.000000640. The number of ketones is 1. The zero-order chi connectivity index (χ0) is 5.98. The number of halogens is 1. The molecule has 0 saturated heterocycles. The Morgan fingerprint density at radius 2 is 2.44 bits per heavy atom. The maximum absolute atomic E-state index is 10.4. The van der Waals surface area contributed by atoms with Crippen molar-refractivity contribution in [3.05, 3.63) is 18.2 Å². The van der Waals surface area contributed by atoms with Gasteiger partial charge in [0, 0.05) is 19.3 Å². The molecule has 0 aromatic carbocycles. The minimum atomic E-state index is -0.0324. The lowest BCUT2D eigenvalue weighted by molar-refractivity contribution is 0.100. The molecule has 1 aromatic rings. The minimum absolute atomic E-state index is 0. The molecule has 0 aliphatic carbocycles. The molecule has 0 aliphatic rings. The van der Waals surface area contributed by atoms with E-state index >= 15 is 0 Å². The predicted octanol–water partition coefficient (Wildman–Crippen LogP) is 1.03. The lowest BCUT2D eigenvalue weighted by Gasteiger charge is -1.80. The summed E-state index contributed by atoms with van der Waals surface area (Å²) in [5, 5.41) is 0. The number of carbonyl (C=O) groups is 1. The van der Waals surface area contributed by atoms with Gasteiger partial charge in [-0.05, 0) is 0 Å². The summed E-state index contributed by atoms with van der Waals surface area (Å²) in [6.07, 6.45) is 3.17. The first-order valence-electron chi connectivity index (χ1n) is 2.31. The molecule has 0 fully saturated rings. The highest BCUT2D eigenvalue weighted by Gasteiger charge is 1.96. The van der Waals surface area contributed by atoms with Gasteiger partial charge < -0.3 is 4.98 Å². The van der Waals surface area contributed by atoms with E-state index < -0.39 is 0 Å². The maximum atomic E-state index is 10.4. The smallest absolute Gasteiger partial charge is 0.194 e. The monoisotopic (exact) mass is 146 g/mol. The predicted molar refractivity (Wildman–Crippen MR) is 35.8 cm³/mol. The number of aromatic amines is 1. The Hall–Kier alpha value is -0.830. The normalized spacial score (nSPS) is 8.11. The quantitative estimate of drug-likeness (QED) is 0.602. The third-order valence-electron chi connectivity index (χ3n) is 0.832. The van der Waals surface area contributed by atoms with Crippen molar-refractivity contribution in [1.82, 2.24) is 9.97 Å². The first kappa shape index (κ1) is 8.17. The van der Waals surface area contributed by atoms with Crippen molar-refractivity contribution in [3.63, 3.8) is 0 Å². The van der Waals surface area contributed by atoms with Crippen LogP contribution in [0.3, 0.4) is 0 Å². The molecule has 0 radical (unpaired) electrons. The van der Waals surface area contributed by atoms with Crippen molar-refractivity contribution in [2.45, 2.75) is 6.92 Å².